The molecule has 1 N–H and O–H groups in total. The summed E-state index contributed by atoms with van der Waals surface area (Å²) in [5.41, 5.74) is 1.35. The number of hydrogen-bond acceptors (Lipinski definition) is 1. The standard InChI is InChI=1S/C16H18O2S/c17-19(18)14-10-9-13-7-4-8-15(16(13)11-14)12-5-2-1-3-6-12/h4,7-12H,1-3,5-6H2,(H,17,18). The van der Waals surface area contributed by atoms with Crippen LogP contribution in [0.2, 0.25) is 0 Å². The molecule has 2 aromatic carbocycles. The van der Waals surface area contributed by atoms with Crippen LogP contribution in [0, 0.1) is 0 Å². The van der Waals surface area contributed by atoms with Crippen LogP contribution in [0.3, 0.4) is 0 Å². The minimum atomic E-state index is -1.90. The van der Waals surface area contributed by atoms with E-state index >= 15 is 0 Å². The van der Waals surface area contributed by atoms with Gasteiger partial charge in [0.25, 0.3) is 0 Å². The van der Waals surface area contributed by atoms with Gasteiger partial charge in [-0.15, -0.1) is 0 Å². The highest BCUT2D eigenvalue weighted by molar-refractivity contribution is 7.79. The number of hydrogen-bond donors (Lipinski definition) is 1. The van der Waals surface area contributed by atoms with Crippen LogP contribution < -0.4 is 0 Å². The highest BCUT2D eigenvalue weighted by Gasteiger charge is 2.17. The molecule has 3 heteroatoms. The summed E-state index contributed by atoms with van der Waals surface area (Å²) in [6.07, 6.45) is 6.42. The summed E-state index contributed by atoms with van der Waals surface area (Å²) in [5.74, 6) is 0.611. The van der Waals surface area contributed by atoms with Gasteiger partial charge >= 0.3 is 0 Å². The Bertz CT molecular complexity index is 615. The molecule has 0 bridgehead atoms. The molecule has 0 heterocycles. The van der Waals surface area contributed by atoms with Gasteiger partial charge in [-0.3, -0.25) is 0 Å². The lowest BCUT2D eigenvalue weighted by molar-refractivity contribution is 0.445. The fraction of sp³-hybridized carbons (Fsp3) is 0.375. The molecule has 2 aromatic rings. The maximum Gasteiger partial charge on any atom is 0.186 e. The van der Waals surface area contributed by atoms with Crippen molar-refractivity contribution in [2.75, 3.05) is 0 Å². The third-order valence-electron chi connectivity index (χ3n) is 4.13. The van der Waals surface area contributed by atoms with E-state index in [9.17, 15) is 8.76 Å². The van der Waals surface area contributed by atoms with Crippen LogP contribution >= 0.6 is 0 Å². The molecule has 0 amide bonds. The van der Waals surface area contributed by atoms with Gasteiger partial charge in [-0.1, -0.05) is 43.5 Å². The first-order chi connectivity index (χ1) is 9.25. The molecular weight excluding hydrogens is 256 g/mol. The molecule has 0 saturated heterocycles. The first-order valence-corrected chi connectivity index (χ1v) is 8.00. The van der Waals surface area contributed by atoms with Crippen LogP contribution in [0.1, 0.15) is 43.6 Å². The third-order valence-corrected chi connectivity index (χ3v) is 4.79. The van der Waals surface area contributed by atoms with Crippen molar-refractivity contribution < 1.29 is 8.76 Å². The first-order valence-electron chi connectivity index (χ1n) is 6.89. The molecule has 1 unspecified atom stereocenters. The molecular formula is C16H18O2S. The van der Waals surface area contributed by atoms with E-state index in [1.54, 1.807) is 6.07 Å². The zero-order valence-electron chi connectivity index (χ0n) is 10.8. The fourth-order valence-corrected chi connectivity index (χ4v) is 3.56. The van der Waals surface area contributed by atoms with E-state index in [4.69, 9.17) is 0 Å². The van der Waals surface area contributed by atoms with Crippen LogP contribution in [0.4, 0.5) is 0 Å². The Morgan fingerprint density at radius 2 is 1.84 bits per heavy atom. The largest absolute Gasteiger partial charge is 0.302 e. The van der Waals surface area contributed by atoms with Crippen molar-refractivity contribution >= 4 is 21.9 Å². The Hall–Kier alpha value is -1.19. The molecule has 0 aliphatic heterocycles. The van der Waals surface area contributed by atoms with Gasteiger partial charge in [0.05, 0.1) is 4.90 Å². The Labute approximate surface area is 116 Å². The lowest BCUT2D eigenvalue weighted by atomic mass is 9.82. The molecule has 0 aromatic heterocycles. The molecule has 1 aliphatic carbocycles. The Kier molecular flexibility index (Phi) is 3.67. The predicted molar refractivity (Wildman–Crippen MR) is 78.8 cm³/mol. The van der Waals surface area contributed by atoms with Crippen LogP contribution in [0.25, 0.3) is 10.8 Å². The van der Waals surface area contributed by atoms with Crippen LogP contribution in [-0.4, -0.2) is 8.76 Å². The summed E-state index contributed by atoms with van der Waals surface area (Å²) in [6.45, 7) is 0. The van der Waals surface area contributed by atoms with Gasteiger partial charge in [-0.2, -0.15) is 0 Å². The molecule has 1 fully saturated rings. The summed E-state index contributed by atoms with van der Waals surface area (Å²) >= 11 is -1.90. The minimum absolute atomic E-state index is 0.496. The molecule has 1 saturated carbocycles. The number of rotatable bonds is 2. The lowest BCUT2D eigenvalue weighted by Crippen LogP contribution is -2.05. The van der Waals surface area contributed by atoms with E-state index in [1.807, 2.05) is 12.1 Å². The molecule has 19 heavy (non-hydrogen) atoms. The fourth-order valence-electron chi connectivity index (χ4n) is 3.15. The van der Waals surface area contributed by atoms with E-state index in [-0.39, 0.29) is 0 Å². The summed E-state index contributed by atoms with van der Waals surface area (Å²) in [6, 6.07) is 11.9. The second kappa shape index (κ2) is 5.43. The summed E-state index contributed by atoms with van der Waals surface area (Å²) in [7, 11) is 0. The van der Waals surface area contributed by atoms with E-state index in [0.717, 1.165) is 10.8 Å². The zero-order chi connectivity index (χ0) is 13.2. The lowest BCUT2D eigenvalue weighted by Gasteiger charge is -2.23. The minimum Gasteiger partial charge on any atom is -0.302 e. The SMILES string of the molecule is O=S(O)c1ccc2cccc(C3CCCCC3)c2c1. The summed E-state index contributed by atoms with van der Waals surface area (Å²) < 4.78 is 20.5. The molecule has 100 valence electrons. The Morgan fingerprint density at radius 3 is 2.58 bits per heavy atom. The van der Waals surface area contributed by atoms with Crippen molar-refractivity contribution in [3.63, 3.8) is 0 Å². The van der Waals surface area contributed by atoms with Gasteiger partial charge < -0.3 is 4.55 Å². The average Bonchev–Trinajstić information content (AvgIpc) is 2.47. The molecule has 0 spiro atoms. The van der Waals surface area contributed by atoms with Crippen LogP contribution in [0.5, 0.6) is 0 Å². The Morgan fingerprint density at radius 1 is 1.05 bits per heavy atom. The highest BCUT2D eigenvalue weighted by Crippen LogP contribution is 2.36. The van der Waals surface area contributed by atoms with E-state index in [1.165, 1.54) is 37.7 Å². The first kappa shape index (κ1) is 12.8. The predicted octanol–water partition coefficient (Wildman–Crippen LogP) is 4.47. The summed E-state index contributed by atoms with van der Waals surface area (Å²) in [5, 5.41) is 2.31. The Balaban J connectivity index is 2.11. The van der Waals surface area contributed by atoms with Gasteiger partial charge in [-0.05, 0) is 47.2 Å². The quantitative estimate of drug-likeness (QED) is 0.820. The van der Waals surface area contributed by atoms with Crippen molar-refractivity contribution in [2.45, 2.75) is 42.9 Å². The number of fused-ring (bicyclic) bond motifs is 1. The monoisotopic (exact) mass is 274 g/mol. The van der Waals surface area contributed by atoms with Gasteiger partial charge in [0.2, 0.25) is 0 Å². The molecule has 2 nitrogen and oxygen atoms in total. The molecule has 1 aliphatic rings. The van der Waals surface area contributed by atoms with E-state index in [2.05, 4.69) is 18.2 Å². The molecule has 0 radical (unpaired) electrons. The van der Waals surface area contributed by atoms with Crippen molar-refractivity contribution in [1.29, 1.82) is 0 Å². The highest BCUT2D eigenvalue weighted by atomic mass is 32.2. The van der Waals surface area contributed by atoms with Crippen LogP contribution in [-0.2, 0) is 11.1 Å². The van der Waals surface area contributed by atoms with E-state index in [0.29, 0.717) is 10.8 Å². The zero-order valence-corrected chi connectivity index (χ0v) is 11.7. The maximum absolute atomic E-state index is 11.2. The second-order valence-electron chi connectivity index (χ2n) is 5.31. The smallest absolute Gasteiger partial charge is 0.186 e. The maximum atomic E-state index is 11.2. The summed E-state index contributed by atoms with van der Waals surface area (Å²) in [4.78, 5) is 0.496. The van der Waals surface area contributed by atoms with Gasteiger partial charge in [-0.25, -0.2) is 4.21 Å². The molecule has 1 atom stereocenters. The van der Waals surface area contributed by atoms with Crippen molar-refractivity contribution in [1.82, 2.24) is 0 Å². The number of benzene rings is 2. The van der Waals surface area contributed by atoms with Crippen molar-refractivity contribution in [3.05, 3.63) is 42.0 Å². The topological polar surface area (TPSA) is 37.3 Å². The molecule has 3 rings (SSSR count). The van der Waals surface area contributed by atoms with Gasteiger partial charge in [0.1, 0.15) is 0 Å². The van der Waals surface area contributed by atoms with Gasteiger partial charge in [0, 0.05) is 0 Å². The van der Waals surface area contributed by atoms with Gasteiger partial charge in [0.15, 0.2) is 11.1 Å². The second-order valence-corrected chi connectivity index (χ2v) is 6.28. The normalized spacial score (nSPS) is 18.6. The van der Waals surface area contributed by atoms with Crippen molar-refractivity contribution in [2.24, 2.45) is 0 Å². The average molecular weight is 274 g/mol. The van der Waals surface area contributed by atoms with Crippen molar-refractivity contribution in [3.8, 4) is 0 Å². The van der Waals surface area contributed by atoms with Crippen LogP contribution in [0.15, 0.2) is 41.3 Å². The van der Waals surface area contributed by atoms with E-state index < -0.39 is 11.1 Å². The third kappa shape index (κ3) is 2.58.